The number of rotatable bonds is 34. The average molecular weight is 1050 g/mol. The van der Waals surface area contributed by atoms with Crippen molar-refractivity contribution >= 4 is 75.1 Å². The molecule has 68 heavy (non-hydrogen) atoms. The number of nitrogens with one attached hydrogen (secondary N) is 2. The number of nitrogens with two attached hydrogens (primary N) is 1. The first kappa shape index (κ1) is 59.3. The molecule has 2 aromatic rings. The lowest BCUT2D eigenvalue weighted by Gasteiger charge is -2.30. The first-order valence-electron chi connectivity index (χ1n) is 21.8. The zero-order chi connectivity index (χ0) is 50.7. The molecule has 3 heterocycles. The number of thioether (sulfide) groups is 1. The molecule has 12 N–H and O–H groups in total. The molecular formula is C37H64N7O20P3S. The number of carboxylic acid groups (broad SMARTS) is 1. The van der Waals surface area contributed by atoms with Gasteiger partial charge in [0.2, 0.25) is 11.8 Å². The van der Waals surface area contributed by atoms with Crippen molar-refractivity contribution in [1.29, 1.82) is 0 Å². The Labute approximate surface area is 396 Å². The van der Waals surface area contributed by atoms with Crippen LogP contribution in [0, 0.1) is 5.41 Å². The second-order valence-corrected chi connectivity index (χ2v) is 22.0. The Morgan fingerprint density at radius 1 is 0.868 bits per heavy atom. The first-order valence-corrected chi connectivity index (χ1v) is 27.3. The van der Waals surface area contributed by atoms with Gasteiger partial charge < -0.3 is 61.1 Å². The highest BCUT2D eigenvalue weighted by Crippen LogP contribution is 2.61. The fourth-order valence-corrected chi connectivity index (χ4v) is 10.3. The molecular weight excluding hydrogens is 987 g/mol. The van der Waals surface area contributed by atoms with E-state index in [4.69, 9.17) is 24.6 Å². The van der Waals surface area contributed by atoms with Crippen LogP contribution in [0.5, 0.6) is 0 Å². The highest BCUT2D eigenvalue weighted by Gasteiger charge is 2.50. The van der Waals surface area contributed by atoms with Crippen LogP contribution >= 0.6 is 35.2 Å². The van der Waals surface area contributed by atoms with Crippen LogP contribution in [-0.4, -0.2) is 145 Å². The summed E-state index contributed by atoms with van der Waals surface area (Å²) in [7, 11) is -16.5. The molecule has 1 fully saturated rings. The minimum absolute atomic E-state index is 0.0230. The number of aliphatic hydroxyl groups is 3. The van der Waals surface area contributed by atoms with Gasteiger partial charge in [-0.25, -0.2) is 28.6 Å². The molecule has 1 aliphatic heterocycles. The predicted molar refractivity (Wildman–Crippen MR) is 241 cm³/mol. The van der Waals surface area contributed by atoms with E-state index >= 15 is 0 Å². The lowest BCUT2D eigenvalue weighted by Crippen LogP contribution is -2.46. The molecule has 0 bridgehead atoms. The van der Waals surface area contributed by atoms with Crippen LogP contribution in [0.1, 0.15) is 110 Å². The maximum atomic E-state index is 12.7. The predicted octanol–water partition coefficient (Wildman–Crippen LogP) is 2.18. The number of carboxylic acids is 1. The monoisotopic (exact) mass is 1050 g/mol. The Hall–Kier alpha value is -3.01. The molecule has 27 nitrogen and oxygen atoms in total. The number of imidazole rings is 1. The van der Waals surface area contributed by atoms with Crippen molar-refractivity contribution in [2.45, 2.75) is 140 Å². The maximum Gasteiger partial charge on any atom is 0.481 e. The lowest BCUT2D eigenvalue weighted by molar-refractivity contribution is -0.137. The molecule has 0 radical (unpaired) electrons. The van der Waals surface area contributed by atoms with Crippen LogP contribution in [0.3, 0.4) is 0 Å². The van der Waals surface area contributed by atoms with Gasteiger partial charge in [0.05, 0.1) is 25.6 Å². The van der Waals surface area contributed by atoms with Crippen molar-refractivity contribution in [1.82, 2.24) is 30.2 Å². The van der Waals surface area contributed by atoms with E-state index in [1.54, 1.807) is 0 Å². The molecule has 0 aliphatic carbocycles. The smallest absolute Gasteiger partial charge is 0.481 e. The third-order valence-corrected chi connectivity index (χ3v) is 14.4. The molecule has 31 heteroatoms. The van der Waals surface area contributed by atoms with Crippen molar-refractivity contribution in [3.05, 3.63) is 12.7 Å². The number of hydrogen-bond acceptors (Lipinski definition) is 20. The zero-order valence-corrected chi connectivity index (χ0v) is 41.1. The van der Waals surface area contributed by atoms with Gasteiger partial charge in [-0.1, -0.05) is 70.6 Å². The van der Waals surface area contributed by atoms with E-state index in [1.807, 2.05) is 0 Å². The number of nitrogen functional groups attached to an aromatic ring is 1. The van der Waals surface area contributed by atoms with Crippen molar-refractivity contribution in [2.24, 2.45) is 5.41 Å². The molecule has 2 aromatic heterocycles. The Kier molecular flexibility index (Phi) is 24.5. The number of nitrogens with zero attached hydrogens (tertiary/aromatic N) is 4. The molecule has 8 unspecified atom stereocenters. The van der Waals surface area contributed by atoms with Crippen LogP contribution in [0.4, 0.5) is 5.82 Å². The van der Waals surface area contributed by atoms with Gasteiger partial charge in [0.1, 0.15) is 36.3 Å². The first-order chi connectivity index (χ1) is 31.8. The number of fused-ring (bicyclic) bond motifs is 1. The van der Waals surface area contributed by atoms with Crippen molar-refractivity contribution < 1.29 is 95.5 Å². The second kappa shape index (κ2) is 28.1. The van der Waals surface area contributed by atoms with E-state index in [-0.39, 0.29) is 54.4 Å². The largest absolute Gasteiger partial charge is 0.481 e. The summed E-state index contributed by atoms with van der Waals surface area (Å²) in [5.41, 5.74) is 4.23. The van der Waals surface area contributed by atoms with Gasteiger partial charge >= 0.3 is 29.4 Å². The van der Waals surface area contributed by atoms with Gasteiger partial charge in [-0.05, 0) is 25.7 Å². The summed E-state index contributed by atoms with van der Waals surface area (Å²) in [4.78, 5) is 98.8. The normalized spacial score (nSPS) is 20.4. The number of unbranched alkanes of at least 4 members (excludes halogenated alkanes) is 7. The van der Waals surface area contributed by atoms with Crippen molar-refractivity contribution in [3.63, 3.8) is 0 Å². The Bertz CT molecular complexity index is 2100. The number of aromatic nitrogens is 4. The summed E-state index contributed by atoms with van der Waals surface area (Å²) in [5.74, 6) is -1.97. The quantitative estimate of drug-likeness (QED) is 0.0353. The number of hydrogen-bond donors (Lipinski definition) is 11. The fourth-order valence-electron chi connectivity index (χ4n) is 6.71. The highest BCUT2D eigenvalue weighted by atomic mass is 32.2. The molecule has 0 saturated carbocycles. The van der Waals surface area contributed by atoms with Gasteiger partial charge in [-0.15, -0.1) is 0 Å². The number of phosphoric acid groups is 3. The number of amides is 2. The van der Waals surface area contributed by atoms with Crippen molar-refractivity contribution in [2.75, 3.05) is 37.8 Å². The van der Waals surface area contributed by atoms with E-state index in [0.717, 1.165) is 73.9 Å². The van der Waals surface area contributed by atoms with Gasteiger partial charge in [-0.2, -0.15) is 4.31 Å². The van der Waals surface area contributed by atoms with Crippen LogP contribution in [0.15, 0.2) is 12.7 Å². The number of carbonyl (C=O) groups excluding carboxylic acids is 3. The summed E-state index contributed by atoms with van der Waals surface area (Å²) < 4.78 is 62.3. The van der Waals surface area contributed by atoms with Crippen LogP contribution < -0.4 is 16.4 Å². The van der Waals surface area contributed by atoms with Gasteiger partial charge in [0, 0.05) is 43.5 Å². The minimum Gasteiger partial charge on any atom is -0.481 e. The fraction of sp³-hybridized carbons (Fsp3) is 0.757. The van der Waals surface area contributed by atoms with E-state index in [9.17, 15) is 67.8 Å². The standard InChI is InChI=1S/C37H64N7O20P3S/c1-37(2,32(51)35(52)40-17-16-26(46)39-18-19-68-28(49)15-11-13-24(45)12-9-7-5-3-4-6-8-10-14-27(47)48)21-61-67(58,59)64-66(56,57)60-20-25-31(63-65(53,54)55)30(50)36(62-25)44-23-43-29-33(38)41-22-42-34(29)44/h22-25,30-32,36,45,50-51H,3-21H2,1-2H3,(H,39,46)(H,40,52)(H,47,48)(H,56,57)(H,58,59)(H2,38,41,42)(H2,53,54,55). The summed E-state index contributed by atoms with van der Waals surface area (Å²) in [5, 5.41) is 45.3. The highest BCUT2D eigenvalue weighted by molar-refractivity contribution is 8.13. The Morgan fingerprint density at radius 2 is 1.50 bits per heavy atom. The number of aliphatic hydroxyl groups excluding tert-OH is 3. The van der Waals surface area contributed by atoms with E-state index in [2.05, 4.69) is 34.4 Å². The van der Waals surface area contributed by atoms with Crippen LogP contribution in [-0.2, 0) is 55.5 Å². The topological polar surface area (TPSA) is 421 Å². The number of aliphatic carboxylic acids is 1. The van der Waals surface area contributed by atoms with Crippen LogP contribution in [0.25, 0.3) is 11.2 Å². The van der Waals surface area contributed by atoms with E-state index < -0.39 is 96.6 Å². The Balaban J connectivity index is 1.31. The molecule has 1 aliphatic rings. The van der Waals surface area contributed by atoms with E-state index in [1.165, 1.54) is 13.8 Å². The SMILES string of the molecule is CC(C)(COP(=O)(O)OP(=O)(O)OCC1OC(n2cnc3c(N)ncnc32)C(O)C1OP(=O)(O)O)C(O)C(=O)NCCC(=O)NCCSC(=O)CCCC(O)CCCCCCCCCCC(=O)O. The summed E-state index contributed by atoms with van der Waals surface area (Å²) in [6.07, 6.45) is 2.46. The summed E-state index contributed by atoms with van der Waals surface area (Å²) in [6.45, 7) is 0.379. The van der Waals surface area contributed by atoms with E-state index in [0.29, 0.717) is 31.4 Å². The molecule has 3 rings (SSSR count). The molecule has 8 atom stereocenters. The zero-order valence-electron chi connectivity index (χ0n) is 37.6. The third-order valence-electron chi connectivity index (χ3n) is 10.4. The summed E-state index contributed by atoms with van der Waals surface area (Å²) >= 11 is 1.05. The van der Waals surface area contributed by atoms with Gasteiger partial charge in [0.15, 0.2) is 22.8 Å². The molecule has 2 amide bonds. The molecule has 0 spiro atoms. The van der Waals surface area contributed by atoms with Crippen LogP contribution in [0.2, 0.25) is 0 Å². The molecule has 388 valence electrons. The molecule has 0 aromatic carbocycles. The minimum atomic E-state index is -5.59. The number of phosphoric ester groups is 3. The third kappa shape index (κ3) is 21.5. The number of ether oxygens (including phenoxy) is 1. The number of anilines is 1. The summed E-state index contributed by atoms with van der Waals surface area (Å²) in [6, 6.07) is 0. The average Bonchev–Trinajstić information content (AvgIpc) is 3.81. The maximum absolute atomic E-state index is 12.7. The number of carbonyl (C=O) groups is 4. The van der Waals surface area contributed by atoms with Gasteiger partial charge in [0.25, 0.3) is 0 Å². The Morgan fingerprint density at radius 3 is 2.16 bits per heavy atom. The van der Waals surface area contributed by atoms with Gasteiger partial charge in [-0.3, -0.25) is 37.3 Å². The van der Waals surface area contributed by atoms with Crippen molar-refractivity contribution in [3.8, 4) is 0 Å². The lowest BCUT2D eigenvalue weighted by atomic mass is 9.87. The molecule has 1 saturated heterocycles. The second-order valence-electron chi connectivity index (χ2n) is 16.6.